The summed E-state index contributed by atoms with van der Waals surface area (Å²) in [4.78, 5) is 32.0. The van der Waals surface area contributed by atoms with Crippen LogP contribution in [0.2, 0.25) is 0 Å². The number of hydrogen-bond acceptors (Lipinski definition) is 7. The first-order valence-electron chi connectivity index (χ1n) is 9.69. The lowest BCUT2D eigenvalue weighted by molar-refractivity contribution is 0.373. The van der Waals surface area contributed by atoms with Crippen molar-refractivity contribution in [1.29, 1.82) is 0 Å². The maximum absolute atomic E-state index is 12.7. The molecule has 2 aromatic carbocycles. The number of nitrogens with two attached hydrogens (primary N) is 1. The predicted molar refractivity (Wildman–Crippen MR) is 122 cm³/mol. The molecule has 0 unspecified atom stereocenters. The van der Waals surface area contributed by atoms with Crippen molar-refractivity contribution < 1.29 is 14.3 Å². The first-order chi connectivity index (χ1) is 15.4. The van der Waals surface area contributed by atoms with E-state index in [0.29, 0.717) is 27.8 Å². The van der Waals surface area contributed by atoms with E-state index in [0.717, 1.165) is 5.39 Å². The van der Waals surface area contributed by atoms with Gasteiger partial charge in [-0.25, -0.2) is 9.78 Å². The zero-order valence-electron chi connectivity index (χ0n) is 16.9. The summed E-state index contributed by atoms with van der Waals surface area (Å²) < 4.78 is 10.7. The molecule has 5 aromatic rings. The molecule has 0 saturated carbocycles. The fourth-order valence-electron chi connectivity index (χ4n) is 3.75. The zero-order valence-corrected chi connectivity index (χ0v) is 16.9. The Labute approximate surface area is 180 Å². The highest BCUT2D eigenvalue weighted by molar-refractivity contribution is 6.02. The van der Waals surface area contributed by atoms with Crippen LogP contribution in [0.15, 0.2) is 74.7 Å². The van der Waals surface area contributed by atoms with E-state index < -0.39 is 11.2 Å². The molecule has 0 bridgehead atoms. The Morgan fingerprint density at radius 1 is 1.03 bits per heavy atom. The molecule has 8 nitrogen and oxygen atoms in total. The van der Waals surface area contributed by atoms with Crippen LogP contribution in [0, 0.1) is 0 Å². The van der Waals surface area contributed by atoms with Crippen LogP contribution < -0.4 is 21.7 Å². The second kappa shape index (κ2) is 7.28. The van der Waals surface area contributed by atoms with Gasteiger partial charge >= 0.3 is 5.63 Å². The number of aromatic nitrogens is 2. The number of hydrogen-bond donors (Lipinski definition) is 3. The Kier molecular flexibility index (Phi) is 4.41. The van der Waals surface area contributed by atoms with Crippen molar-refractivity contribution in [2.75, 3.05) is 12.8 Å². The van der Waals surface area contributed by atoms with Crippen LogP contribution >= 0.6 is 0 Å². The van der Waals surface area contributed by atoms with Crippen molar-refractivity contribution in [3.05, 3.63) is 81.4 Å². The number of nitrogens with zero attached hydrogens (tertiary/aromatic N) is 1. The van der Waals surface area contributed by atoms with Gasteiger partial charge in [0.25, 0.3) is 5.56 Å². The summed E-state index contributed by atoms with van der Waals surface area (Å²) in [7, 11) is 1.45. The van der Waals surface area contributed by atoms with Gasteiger partial charge in [-0.1, -0.05) is 24.3 Å². The van der Waals surface area contributed by atoms with Crippen LogP contribution in [0.4, 0.5) is 5.69 Å². The third kappa shape index (κ3) is 3.14. The summed E-state index contributed by atoms with van der Waals surface area (Å²) in [5.41, 5.74) is 7.90. The van der Waals surface area contributed by atoms with Crippen LogP contribution in [-0.2, 0) is 0 Å². The maximum atomic E-state index is 12.7. The largest absolute Gasteiger partial charge is 0.504 e. The van der Waals surface area contributed by atoms with Crippen molar-refractivity contribution in [2.24, 2.45) is 0 Å². The number of aromatic amines is 1. The van der Waals surface area contributed by atoms with E-state index in [-0.39, 0.29) is 28.4 Å². The van der Waals surface area contributed by atoms with Gasteiger partial charge in [0.15, 0.2) is 11.5 Å². The predicted octanol–water partition coefficient (Wildman–Crippen LogP) is 3.66. The molecule has 0 aliphatic heterocycles. The number of ether oxygens (including phenoxy) is 1. The van der Waals surface area contributed by atoms with E-state index >= 15 is 0 Å². The van der Waals surface area contributed by atoms with E-state index in [4.69, 9.17) is 14.9 Å². The highest BCUT2D eigenvalue weighted by Crippen LogP contribution is 2.37. The minimum atomic E-state index is -0.559. The van der Waals surface area contributed by atoms with E-state index in [2.05, 4.69) is 9.97 Å². The summed E-state index contributed by atoms with van der Waals surface area (Å²) in [6.45, 7) is 0. The molecule has 0 aliphatic rings. The van der Waals surface area contributed by atoms with Crippen molar-refractivity contribution >= 4 is 27.7 Å². The van der Waals surface area contributed by atoms with Crippen LogP contribution in [-0.4, -0.2) is 22.2 Å². The zero-order chi connectivity index (χ0) is 22.4. The average Bonchev–Trinajstić information content (AvgIpc) is 2.78. The van der Waals surface area contributed by atoms with Crippen molar-refractivity contribution in [3.63, 3.8) is 0 Å². The molecule has 5 rings (SSSR count). The number of nitrogens with one attached hydrogen (secondary N) is 1. The molecule has 4 N–H and O–H groups in total. The molecule has 3 aromatic heterocycles. The lowest BCUT2D eigenvalue weighted by Crippen LogP contribution is -2.10. The van der Waals surface area contributed by atoms with Crippen molar-refractivity contribution in [2.45, 2.75) is 0 Å². The number of rotatable bonds is 3. The minimum Gasteiger partial charge on any atom is -0.504 e. The first kappa shape index (κ1) is 19.4. The Morgan fingerprint density at radius 3 is 2.66 bits per heavy atom. The molecule has 158 valence electrons. The third-order valence-corrected chi connectivity index (χ3v) is 5.24. The van der Waals surface area contributed by atoms with Gasteiger partial charge in [0, 0.05) is 22.5 Å². The molecular formula is C24H17N3O5. The molecule has 0 spiro atoms. The number of anilines is 1. The summed E-state index contributed by atoms with van der Waals surface area (Å²) in [6, 6.07) is 16.6. The van der Waals surface area contributed by atoms with Crippen LogP contribution in [0.25, 0.3) is 44.4 Å². The Hall–Kier alpha value is -4.59. The quantitative estimate of drug-likeness (QED) is 0.374. The number of para-hydroxylation sites is 1. The number of fused-ring (bicyclic) bond motifs is 2. The molecular weight excluding hydrogens is 410 g/mol. The van der Waals surface area contributed by atoms with Gasteiger partial charge in [-0.3, -0.25) is 4.79 Å². The van der Waals surface area contributed by atoms with Gasteiger partial charge in [0.2, 0.25) is 0 Å². The SMILES string of the molecule is COc1cc(-c2cc(-c3cc4ccccc4oc3=O)nc3[nH]c(=O)cc(N)c23)ccc1O. The highest BCUT2D eigenvalue weighted by atomic mass is 16.5. The summed E-state index contributed by atoms with van der Waals surface area (Å²) in [6.07, 6.45) is 0. The van der Waals surface area contributed by atoms with Crippen LogP contribution in [0.1, 0.15) is 0 Å². The number of nitrogen functional groups attached to an aromatic ring is 1. The minimum absolute atomic E-state index is 0.0219. The number of phenols is 1. The highest BCUT2D eigenvalue weighted by Gasteiger charge is 2.17. The number of benzene rings is 2. The third-order valence-electron chi connectivity index (χ3n) is 5.24. The van der Waals surface area contributed by atoms with E-state index in [1.807, 2.05) is 12.1 Å². The fraction of sp³-hybridized carbons (Fsp3) is 0.0417. The summed E-state index contributed by atoms with van der Waals surface area (Å²) in [5, 5.41) is 11.2. The van der Waals surface area contributed by atoms with Gasteiger partial charge in [0.1, 0.15) is 11.2 Å². The van der Waals surface area contributed by atoms with Gasteiger partial charge in [-0.05, 0) is 41.5 Å². The van der Waals surface area contributed by atoms with E-state index in [1.54, 1.807) is 36.4 Å². The Bertz CT molecular complexity index is 1640. The molecule has 0 amide bonds. The molecule has 0 atom stereocenters. The molecule has 0 fully saturated rings. The molecule has 3 heterocycles. The number of H-pyrrole nitrogens is 1. The second-order valence-corrected chi connectivity index (χ2v) is 7.24. The van der Waals surface area contributed by atoms with Crippen LogP contribution in [0.3, 0.4) is 0 Å². The van der Waals surface area contributed by atoms with Crippen LogP contribution in [0.5, 0.6) is 11.5 Å². The summed E-state index contributed by atoms with van der Waals surface area (Å²) >= 11 is 0. The lowest BCUT2D eigenvalue weighted by Gasteiger charge is -2.13. The normalized spacial score (nSPS) is 11.2. The molecule has 0 saturated heterocycles. The fourth-order valence-corrected chi connectivity index (χ4v) is 3.75. The van der Waals surface area contributed by atoms with Crippen molar-refractivity contribution in [3.8, 4) is 33.9 Å². The molecule has 0 radical (unpaired) electrons. The van der Waals surface area contributed by atoms with Gasteiger partial charge in [-0.2, -0.15) is 0 Å². The number of aromatic hydroxyl groups is 1. The molecule has 32 heavy (non-hydrogen) atoms. The standard InChI is InChI=1S/C24H17N3O5/c1-31-20-9-12(6-7-18(20)28)14-10-17(26-23-22(14)16(25)11-21(29)27-23)15-8-13-4-2-3-5-19(13)32-24(15)30/h2-11,28H,1H3,(H3,25,26,27,29). The van der Waals surface area contributed by atoms with Gasteiger partial charge in [0.05, 0.1) is 18.4 Å². The number of methoxy groups -OCH3 is 1. The molecule has 8 heteroatoms. The average molecular weight is 427 g/mol. The topological polar surface area (TPSA) is 131 Å². The monoisotopic (exact) mass is 427 g/mol. The first-order valence-corrected chi connectivity index (χ1v) is 9.69. The smallest absolute Gasteiger partial charge is 0.345 e. The van der Waals surface area contributed by atoms with Gasteiger partial charge in [-0.15, -0.1) is 0 Å². The Morgan fingerprint density at radius 2 is 1.84 bits per heavy atom. The molecule has 0 aliphatic carbocycles. The second-order valence-electron chi connectivity index (χ2n) is 7.24. The Balaban J connectivity index is 1.86. The van der Waals surface area contributed by atoms with E-state index in [9.17, 15) is 14.7 Å². The lowest BCUT2D eigenvalue weighted by atomic mass is 9.98. The summed E-state index contributed by atoms with van der Waals surface area (Å²) in [5.74, 6) is 0.244. The van der Waals surface area contributed by atoms with E-state index in [1.165, 1.54) is 19.2 Å². The maximum Gasteiger partial charge on any atom is 0.345 e. The van der Waals surface area contributed by atoms with Crippen molar-refractivity contribution in [1.82, 2.24) is 9.97 Å². The number of pyridine rings is 2. The number of phenolic OH excluding ortho intramolecular Hbond substituents is 1. The van der Waals surface area contributed by atoms with Gasteiger partial charge < -0.3 is 25.0 Å².